The molecule has 8 heteroatoms. The summed E-state index contributed by atoms with van der Waals surface area (Å²) in [5.74, 6) is 0.913. The molecular formula is C21H26ClN3O3S. The Hall–Kier alpha value is -1.93. The average molecular weight is 436 g/mol. The Labute approximate surface area is 178 Å². The summed E-state index contributed by atoms with van der Waals surface area (Å²) in [6, 6.07) is 15.4. The van der Waals surface area contributed by atoms with Crippen LogP contribution in [0.1, 0.15) is 28.9 Å². The first-order chi connectivity index (χ1) is 13.4. The van der Waals surface area contributed by atoms with E-state index < -0.39 is 10.0 Å². The molecule has 0 aromatic heterocycles. The van der Waals surface area contributed by atoms with E-state index in [0.717, 1.165) is 31.7 Å². The van der Waals surface area contributed by atoms with E-state index in [1.807, 2.05) is 35.2 Å². The van der Waals surface area contributed by atoms with Crippen LogP contribution in [0.25, 0.3) is 0 Å². The number of nitrogens with zero attached hydrogens (tertiary/aromatic N) is 1. The van der Waals surface area contributed by atoms with Crippen molar-refractivity contribution in [2.24, 2.45) is 11.8 Å². The van der Waals surface area contributed by atoms with Crippen molar-refractivity contribution in [2.45, 2.75) is 17.9 Å². The van der Waals surface area contributed by atoms with Gasteiger partial charge < -0.3 is 10.2 Å². The van der Waals surface area contributed by atoms with Crippen LogP contribution in [0.3, 0.4) is 0 Å². The molecule has 156 valence electrons. The van der Waals surface area contributed by atoms with Crippen molar-refractivity contribution in [3.05, 3.63) is 65.7 Å². The Bertz CT molecular complexity index is 956. The van der Waals surface area contributed by atoms with Crippen LogP contribution in [0.4, 0.5) is 0 Å². The summed E-state index contributed by atoms with van der Waals surface area (Å²) in [7, 11) is -3.73. The minimum Gasteiger partial charge on any atom is -0.338 e. The minimum atomic E-state index is -3.73. The number of carbonyl (C=O) groups is 1. The molecule has 3 atom stereocenters. The number of hydrogen-bond donors (Lipinski definition) is 2. The van der Waals surface area contributed by atoms with Crippen LogP contribution < -0.4 is 10.0 Å². The second-order valence-electron chi connectivity index (χ2n) is 7.67. The third-order valence-corrected chi connectivity index (χ3v) is 7.24. The third kappa shape index (κ3) is 4.64. The Morgan fingerprint density at radius 2 is 1.72 bits per heavy atom. The van der Waals surface area contributed by atoms with Gasteiger partial charge in [0, 0.05) is 37.8 Å². The number of nitrogens with one attached hydrogen (secondary N) is 2. The van der Waals surface area contributed by atoms with E-state index in [-0.39, 0.29) is 29.3 Å². The largest absolute Gasteiger partial charge is 0.338 e. The van der Waals surface area contributed by atoms with E-state index in [4.69, 9.17) is 0 Å². The Balaban J connectivity index is 0.00000240. The fraction of sp³-hybridized carbons (Fsp3) is 0.381. The Kier molecular flexibility index (Phi) is 6.63. The maximum absolute atomic E-state index is 12.9. The van der Waals surface area contributed by atoms with E-state index in [2.05, 4.69) is 10.0 Å². The summed E-state index contributed by atoms with van der Waals surface area (Å²) < 4.78 is 28.4. The number of benzene rings is 2. The Morgan fingerprint density at radius 1 is 1.07 bits per heavy atom. The highest BCUT2D eigenvalue weighted by molar-refractivity contribution is 7.89. The molecule has 2 aliphatic rings. The predicted molar refractivity (Wildman–Crippen MR) is 115 cm³/mol. The van der Waals surface area contributed by atoms with Crippen LogP contribution >= 0.6 is 12.4 Å². The predicted octanol–water partition coefficient (Wildman–Crippen LogP) is 2.44. The number of halogens is 1. The molecule has 0 aliphatic carbocycles. The summed E-state index contributed by atoms with van der Waals surface area (Å²) in [5.41, 5.74) is 1.30. The van der Waals surface area contributed by atoms with Gasteiger partial charge in [0.15, 0.2) is 0 Å². The van der Waals surface area contributed by atoms with E-state index >= 15 is 0 Å². The molecular weight excluding hydrogens is 410 g/mol. The summed E-state index contributed by atoms with van der Waals surface area (Å²) in [5, 5.41) is 3.36. The molecule has 1 unspecified atom stereocenters. The summed E-state index contributed by atoms with van der Waals surface area (Å²) in [6.07, 6.45) is 0. The zero-order valence-corrected chi connectivity index (χ0v) is 17.9. The van der Waals surface area contributed by atoms with Crippen molar-refractivity contribution in [3.63, 3.8) is 0 Å². The standard InChI is InChI=1S/C21H25N3O3S.ClH/c1-15(16-6-3-2-4-7-16)23-28(26,27)20-9-5-8-17(10-20)21(25)24-13-18-11-22-12-19(18)14-24;/h2-10,15,18-19,22-23H,11-14H2,1H3;1H/t15?,18-,19+;. The second kappa shape index (κ2) is 8.83. The fourth-order valence-electron chi connectivity index (χ4n) is 4.11. The van der Waals surface area contributed by atoms with Crippen LogP contribution in [0.15, 0.2) is 59.5 Å². The molecule has 0 spiro atoms. The lowest BCUT2D eigenvalue weighted by molar-refractivity contribution is 0.0781. The fourth-order valence-corrected chi connectivity index (χ4v) is 5.39. The molecule has 2 N–H and O–H groups in total. The molecule has 2 aromatic rings. The first kappa shape index (κ1) is 21.8. The third-order valence-electron chi connectivity index (χ3n) is 5.70. The van der Waals surface area contributed by atoms with E-state index in [1.165, 1.54) is 12.1 Å². The maximum atomic E-state index is 12.9. The normalized spacial score (nSPS) is 22.0. The van der Waals surface area contributed by atoms with Crippen LogP contribution in [0, 0.1) is 11.8 Å². The molecule has 2 aromatic carbocycles. The van der Waals surface area contributed by atoms with Gasteiger partial charge in [0.05, 0.1) is 4.90 Å². The number of sulfonamides is 1. The summed E-state index contributed by atoms with van der Waals surface area (Å²) >= 11 is 0. The van der Waals surface area contributed by atoms with Gasteiger partial charge in [-0.1, -0.05) is 36.4 Å². The quantitative estimate of drug-likeness (QED) is 0.756. The van der Waals surface area contributed by atoms with E-state index in [9.17, 15) is 13.2 Å². The van der Waals surface area contributed by atoms with Gasteiger partial charge in [-0.15, -0.1) is 12.4 Å². The van der Waals surface area contributed by atoms with Crippen molar-refractivity contribution >= 4 is 28.3 Å². The SMILES string of the molecule is CC(NS(=O)(=O)c1cccc(C(=O)N2C[C@H]3CNC[C@H]3C2)c1)c1ccccc1.Cl. The zero-order valence-electron chi connectivity index (χ0n) is 16.2. The van der Waals surface area contributed by atoms with Crippen LogP contribution in [-0.4, -0.2) is 45.4 Å². The van der Waals surface area contributed by atoms with Crippen molar-refractivity contribution < 1.29 is 13.2 Å². The van der Waals surface area contributed by atoms with Crippen LogP contribution in [0.2, 0.25) is 0 Å². The van der Waals surface area contributed by atoms with Crippen molar-refractivity contribution in [1.29, 1.82) is 0 Å². The minimum absolute atomic E-state index is 0. The number of rotatable bonds is 5. The molecule has 4 rings (SSSR count). The van der Waals surface area contributed by atoms with Crippen molar-refractivity contribution in [2.75, 3.05) is 26.2 Å². The molecule has 2 fully saturated rings. The van der Waals surface area contributed by atoms with E-state index in [1.54, 1.807) is 19.1 Å². The van der Waals surface area contributed by atoms with E-state index in [0.29, 0.717) is 17.4 Å². The Morgan fingerprint density at radius 3 is 2.38 bits per heavy atom. The number of amides is 1. The lowest BCUT2D eigenvalue weighted by atomic mass is 10.0. The van der Waals surface area contributed by atoms with Gasteiger partial charge in [0.2, 0.25) is 10.0 Å². The lowest BCUT2D eigenvalue weighted by Crippen LogP contribution is -2.32. The number of carbonyl (C=O) groups excluding carboxylic acids is 1. The second-order valence-corrected chi connectivity index (χ2v) is 9.38. The molecule has 29 heavy (non-hydrogen) atoms. The van der Waals surface area contributed by atoms with Gasteiger partial charge in [-0.2, -0.15) is 0 Å². The topological polar surface area (TPSA) is 78.5 Å². The first-order valence-corrected chi connectivity index (χ1v) is 11.1. The molecule has 0 saturated carbocycles. The zero-order chi connectivity index (χ0) is 19.7. The van der Waals surface area contributed by atoms with Gasteiger partial charge in [-0.3, -0.25) is 4.79 Å². The number of fused-ring (bicyclic) bond motifs is 1. The molecule has 2 aliphatic heterocycles. The number of hydrogen-bond acceptors (Lipinski definition) is 4. The van der Waals surface area contributed by atoms with Gasteiger partial charge in [-0.25, -0.2) is 13.1 Å². The highest BCUT2D eigenvalue weighted by Gasteiger charge is 2.38. The number of likely N-dealkylation sites (tertiary alicyclic amines) is 1. The van der Waals surface area contributed by atoms with Crippen molar-refractivity contribution in [1.82, 2.24) is 14.9 Å². The van der Waals surface area contributed by atoms with Crippen LogP contribution in [0.5, 0.6) is 0 Å². The smallest absolute Gasteiger partial charge is 0.253 e. The lowest BCUT2D eigenvalue weighted by Gasteiger charge is -2.18. The molecule has 0 radical (unpaired) electrons. The van der Waals surface area contributed by atoms with Gasteiger partial charge in [-0.05, 0) is 42.5 Å². The highest BCUT2D eigenvalue weighted by Crippen LogP contribution is 2.28. The summed E-state index contributed by atoms with van der Waals surface area (Å²) in [6.45, 7) is 5.17. The molecule has 0 bridgehead atoms. The van der Waals surface area contributed by atoms with Gasteiger partial charge in [0.1, 0.15) is 0 Å². The average Bonchev–Trinajstić information content (AvgIpc) is 3.30. The van der Waals surface area contributed by atoms with Gasteiger partial charge in [0.25, 0.3) is 5.91 Å². The highest BCUT2D eigenvalue weighted by atomic mass is 35.5. The monoisotopic (exact) mass is 435 g/mol. The summed E-state index contributed by atoms with van der Waals surface area (Å²) in [4.78, 5) is 14.9. The molecule has 1 amide bonds. The first-order valence-electron chi connectivity index (χ1n) is 9.61. The van der Waals surface area contributed by atoms with Gasteiger partial charge >= 0.3 is 0 Å². The van der Waals surface area contributed by atoms with Crippen molar-refractivity contribution in [3.8, 4) is 0 Å². The molecule has 2 heterocycles. The van der Waals surface area contributed by atoms with Crippen LogP contribution in [-0.2, 0) is 10.0 Å². The molecule has 6 nitrogen and oxygen atoms in total. The maximum Gasteiger partial charge on any atom is 0.253 e. The molecule has 2 saturated heterocycles.